The number of allylic oxidation sites excluding steroid dienone is 2. The molecular formula is C23H34O3. The first-order chi connectivity index (χ1) is 12.6. The fourth-order valence-corrected chi connectivity index (χ4v) is 4.45. The van der Waals surface area contributed by atoms with Crippen LogP contribution >= 0.6 is 0 Å². The number of carboxylic acid groups (broad SMARTS) is 1. The van der Waals surface area contributed by atoms with E-state index >= 15 is 0 Å². The van der Waals surface area contributed by atoms with Gasteiger partial charge in [-0.1, -0.05) is 55.3 Å². The number of aliphatic hydroxyl groups excluding tert-OH is 1. The van der Waals surface area contributed by atoms with Gasteiger partial charge in [-0.05, 0) is 69.8 Å². The predicted molar refractivity (Wildman–Crippen MR) is 106 cm³/mol. The third-order valence-electron chi connectivity index (χ3n) is 6.09. The maximum atomic E-state index is 12.3. The van der Waals surface area contributed by atoms with Crippen LogP contribution in [0.4, 0.5) is 0 Å². The molecule has 1 saturated carbocycles. The molecule has 1 fully saturated rings. The summed E-state index contributed by atoms with van der Waals surface area (Å²) in [5, 5.41) is 20.6. The Bertz CT molecular complexity index is 560. The van der Waals surface area contributed by atoms with Crippen LogP contribution in [-0.4, -0.2) is 22.3 Å². The van der Waals surface area contributed by atoms with Crippen LogP contribution in [0.1, 0.15) is 70.3 Å². The maximum absolute atomic E-state index is 12.3. The van der Waals surface area contributed by atoms with Gasteiger partial charge in [0, 0.05) is 0 Å². The van der Waals surface area contributed by atoms with Crippen LogP contribution < -0.4 is 0 Å². The second-order valence-electron chi connectivity index (χ2n) is 7.77. The van der Waals surface area contributed by atoms with E-state index in [0.29, 0.717) is 25.7 Å². The van der Waals surface area contributed by atoms with Crippen molar-refractivity contribution < 1.29 is 15.0 Å². The zero-order valence-corrected chi connectivity index (χ0v) is 16.1. The Labute approximate surface area is 158 Å². The van der Waals surface area contributed by atoms with E-state index in [0.717, 1.165) is 38.5 Å². The van der Waals surface area contributed by atoms with Gasteiger partial charge in [0.15, 0.2) is 0 Å². The van der Waals surface area contributed by atoms with Crippen LogP contribution in [0.3, 0.4) is 0 Å². The normalized spacial score (nSPS) is 18.8. The second-order valence-corrected chi connectivity index (χ2v) is 7.77. The van der Waals surface area contributed by atoms with E-state index in [-0.39, 0.29) is 5.92 Å². The largest absolute Gasteiger partial charge is 0.481 e. The van der Waals surface area contributed by atoms with Gasteiger partial charge in [0.2, 0.25) is 0 Å². The fourth-order valence-electron chi connectivity index (χ4n) is 4.45. The summed E-state index contributed by atoms with van der Waals surface area (Å²) in [6.45, 7) is 1.98. The summed E-state index contributed by atoms with van der Waals surface area (Å²) in [5.41, 5.74) is 0.545. The zero-order chi connectivity index (χ0) is 18.8. The van der Waals surface area contributed by atoms with Gasteiger partial charge in [-0.25, -0.2) is 0 Å². The molecule has 1 aliphatic rings. The number of benzene rings is 1. The molecule has 2 unspecified atom stereocenters. The molecular weight excluding hydrogens is 324 g/mol. The van der Waals surface area contributed by atoms with Gasteiger partial charge in [0.05, 0.1) is 11.5 Å². The highest BCUT2D eigenvalue weighted by Crippen LogP contribution is 2.47. The van der Waals surface area contributed by atoms with Crippen LogP contribution in [0.15, 0.2) is 42.5 Å². The van der Waals surface area contributed by atoms with E-state index in [1.54, 1.807) is 0 Å². The van der Waals surface area contributed by atoms with E-state index in [9.17, 15) is 15.0 Å². The third-order valence-corrected chi connectivity index (χ3v) is 6.09. The highest BCUT2D eigenvalue weighted by Gasteiger charge is 2.45. The molecule has 2 N–H and O–H groups in total. The van der Waals surface area contributed by atoms with Gasteiger partial charge >= 0.3 is 5.97 Å². The Morgan fingerprint density at radius 2 is 1.88 bits per heavy atom. The van der Waals surface area contributed by atoms with Crippen LogP contribution in [-0.2, 0) is 11.2 Å². The Balaban J connectivity index is 1.96. The summed E-state index contributed by atoms with van der Waals surface area (Å²) in [6.07, 6.45) is 12.1. The number of rotatable bonds is 11. The summed E-state index contributed by atoms with van der Waals surface area (Å²) >= 11 is 0. The summed E-state index contributed by atoms with van der Waals surface area (Å²) in [4.78, 5) is 12.3. The smallest absolute Gasteiger partial charge is 0.309 e. The van der Waals surface area contributed by atoms with Crippen molar-refractivity contribution in [3.63, 3.8) is 0 Å². The van der Waals surface area contributed by atoms with Gasteiger partial charge in [0.25, 0.3) is 0 Å². The van der Waals surface area contributed by atoms with Crippen molar-refractivity contribution in [3.05, 3.63) is 48.0 Å². The molecule has 0 radical (unpaired) electrons. The summed E-state index contributed by atoms with van der Waals surface area (Å²) in [6, 6.07) is 10.2. The molecule has 3 nitrogen and oxygen atoms in total. The SMILES string of the molecule is C/C=C/CCC(CCC(O)CCc1ccccc1)(C(=O)O)C1CCCC1. The first-order valence-corrected chi connectivity index (χ1v) is 10.1. The highest BCUT2D eigenvalue weighted by molar-refractivity contribution is 5.75. The van der Waals surface area contributed by atoms with Crippen molar-refractivity contribution in [3.8, 4) is 0 Å². The minimum absolute atomic E-state index is 0.256. The highest BCUT2D eigenvalue weighted by atomic mass is 16.4. The zero-order valence-electron chi connectivity index (χ0n) is 16.1. The maximum Gasteiger partial charge on any atom is 0.309 e. The lowest BCUT2D eigenvalue weighted by Gasteiger charge is -2.36. The van der Waals surface area contributed by atoms with Gasteiger partial charge in [0.1, 0.15) is 0 Å². The quantitative estimate of drug-likeness (QED) is 0.522. The van der Waals surface area contributed by atoms with E-state index in [1.165, 1.54) is 5.56 Å². The minimum Gasteiger partial charge on any atom is -0.481 e. The number of aliphatic carboxylic acids is 1. The standard InChI is InChI=1S/C23H34O3/c1-2-3-9-17-23(22(25)26,20-12-7-8-13-20)18-16-21(24)15-14-19-10-5-4-6-11-19/h2-6,10-11,20-21,24H,7-9,12-18H2,1H3,(H,25,26)/b3-2+. The summed E-state index contributed by atoms with van der Waals surface area (Å²) in [7, 11) is 0. The molecule has 2 atom stereocenters. The summed E-state index contributed by atoms with van der Waals surface area (Å²) < 4.78 is 0. The average Bonchev–Trinajstić information content (AvgIpc) is 3.18. The van der Waals surface area contributed by atoms with Crippen molar-refractivity contribution in [2.24, 2.45) is 11.3 Å². The van der Waals surface area contributed by atoms with Gasteiger partial charge < -0.3 is 10.2 Å². The Hall–Kier alpha value is -1.61. The van der Waals surface area contributed by atoms with Crippen molar-refractivity contribution in [1.29, 1.82) is 0 Å². The molecule has 0 aliphatic heterocycles. The second kappa shape index (κ2) is 10.5. The number of hydrogen-bond acceptors (Lipinski definition) is 2. The van der Waals surface area contributed by atoms with E-state index in [2.05, 4.69) is 18.2 Å². The van der Waals surface area contributed by atoms with Crippen molar-refractivity contribution in [2.75, 3.05) is 0 Å². The van der Waals surface area contributed by atoms with Gasteiger partial charge in [-0.15, -0.1) is 0 Å². The Morgan fingerprint density at radius 3 is 2.50 bits per heavy atom. The molecule has 0 aromatic heterocycles. The molecule has 2 rings (SSSR count). The van der Waals surface area contributed by atoms with E-state index < -0.39 is 17.5 Å². The lowest BCUT2D eigenvalue weighted by Crippen LogP contribution is -2.38. The lowest BCUT2D eigenvalue weighted by atomic mass is 9.67. The van der Waals surface area contributed by atoms with Gasteiger partial charge in [-0.2, -0.15) is 0 Å². The molecule has 1 aromatic carbocycles. The molecule has 144 valence electrons. The van der Waals surface area contributed by atoms with Gasteiger partial charge in [-0.3, -0.25) is 4.79 Å². The predicted octanol–water partition coefficient (Wildman–Crippen LogP) is 5.38. The number of aliphatic hydroxyl groups is 1. The van der Waals surface area contributed by atoms with Crippen LogP contribution in [0.5, 0.6) is 0 Å². The van der Waals surface area contributed by atoms with Crippen molar-refractivity contribution >= 4 is 5.97 Å². The first-order valence-electron chi connectivity index (χ1n) is 10.1. The van der Waals surface area contributed by atoms with Crippen LogP contribution in [0.2, 0.25) is 0 Å². The van der Waals surface area contributed by atoms with E-state index in [4.69, 9.17) is 0 Å². The molecule has 0 spiro atoms. The molecule has 0 heterocycles. The molecule has 1 aliphatic carbocycles. The fraction of sp³-hybridized carbons (Fsp3) is 0.609. The Morgan fingerprint density at radius 1 is 1.19 bits per heavy atom. The first kappa shape index (κ1) is 20.7. The minimum atomic E-state index is -0.677. The van der Waals surface area contributed by atoms with Crippen LogP contribution in [0.25, 0.3) is 0 Å². The topological polar surface area (TPSA) is 57.5 Å². The summed E-state index contributed by atoms with van der Waals surface area (Å²) in [5.74, 6) is -0.407. The van der Waals surface area contributed by atoms with Crippen LogP contribution in [0, 0.1) is 11.3 Å². The molecule has 26 heavy (non-hydrogen) atoms. The molecule has 1 aromatic rings. The Kier molecular flexibility index (Phi) is 8.37. The lowest BCUT2D eigenvalue weighted by molar-refractivity contribution is -0.154. The van der Waals surface area contributed by atoms with E-state index in [1.807, 2.05) is 31.2 Å². The number of hydrogen-bond donors (Lipinski definition) is 2. The molecule has 0 bridgehead atoms. The molecule has 0 amide bonds. The number of aryl methyl sites for hydroxylation is 1. The van der Waals surface area contributed by atoms with Crippen molar-refractivity contribution in [1.82, 2.24) is 0 Å². The average molecular weight is 359 g/mol. The number of carbonyl (C=O) groups is 1. The van der Waals surface area contributed by atoms with Crippen molar-refractivity contribution in [2.45, 2.75) is 77.2 Å². The molecule has 0 saturated heterocycles. The molecule has 3 heteroatoms. The monoisotopic (exact) mass is 358 g/mol. The third kappa shape index (κ3) is 5.70. The number of carboxylic acids is 1.